The molecule has 1 aromatic heterocycles. The predicted molar refractivity (Wildman–Crippen MR) is 65.4 cm³/mol. The molecule has 0 bridgehead atoms. The van der Waals surface area contributed by atoms with Gasteiger partial charge in [-0.2, -0.15) is 0 Å². The number of thiophene rings is 1. The standard InChI is InChI=1S/C11H16N2O3S/c1-2-16-11(15)8-13(10(14)6-12)7-9-4-3-5-17-9/h3-5H,2,6-8,12H2,1H3. The summed E-state index contributed by atoms with van der Waals surface area (Å²) in [6.07, 6.45) is 0. The number of rotatable bonds is 6. The highest BCUT2D eigenvalue weighted by Crippen LogP contribution is 2.11. The van der Waals surface area contributed by atoms with Gasteiger partial charge in [0.15, 0.2) is 0 Å². The smallest absolute Gasteiger partial charge is 0.325 e. The number of amides is 1. The third-order valence-corrected chi connectivity index (χ3v) is 2.94. The molecule has 0 aliphatic carbocycles. The highest BCUT2D eigenvalue weighted by molar-refractivity contribution is 7.09. The maximum absolute atomic E-state index is 11.6. The van der Waals surface area contributed by atoms with Gasteiger partial charge in [0.25, 0.3) is 0 Å². The van der Waals surface area contributed by atoms with Crippen LogP contribution in [0.25, 0.3) is 0 Å². The minimum absolute atomic E-state index is 0.0538. The first-order valence-corrected chi connectivity index (χ1v) is 6.21. The monoisotopic (exact) mass is 256 g/mol. The third-order valence-electron chi connectivity index (χ3n) is 2.08. The van der Waals surface area contributed by atoms with Crippen LogP contribution >= 0.6 is 11.3 Å². The maximum Gasteiger partial charge on any atom is 0.325 e. The van der Waals surface area contributed by atoms with E-state index >= 15 is 0 Å². The largest absolute Gasteiger partial charge is 0.465 e. The summed E-state index contributed by atoms with van der Waals surface area (Å²) < 4.78 is 4.82. The molecule has 0 atom stereocenters. The van der Waals surface area contributed by atoms with Crippen molar-refractivity contribution in [3.63, 3.8) is 0 Å². The molecule has 0 spiro atoms. The Morgan fingerprint density at radius 1 is 1.53 bits per heavy atom. The van der Waals surface area contributed by atoms with E-state index in [0.29, 0.717) is 13.2 Å². The molecule has 6 heteroatoms. The van der Waals surface area contributed by atoms with Crippen LogP contribution in [0.4, 0.5) is 0 Å². The van der Waals surface area contributed by atoms with Gasteiger partial charge in [-0.1, -0.05) is 6.07 Å². The molecule has 0 fully saturated rings. The van der Waals surface area contributed by atoms with E-state index in [1.54, 1.807) is 6.92 Å². The summed E-state index contributed by atoms with van der Waals surface area (Å²) in [4.78, 5) is 25.3. The molecule has 1 rings (SSSR count). The summed E-state index contributed by atoms with van der Waals surface area (Å²) in [5, 5.41) is 1.92. The Balaban J connectivity index is 2.60. The topological polar surface area (TPSA) is 72.6 Å². The third kappa shape index (κ3) is 4.54. The molecule has 94 valence electrons. The SMILES string of the molecule is CCOC(=O)CN(Cc1cccs1)C(=O)CN. The lowest BCUT2D eigenvalue weighted by Gasteiger charge is -2.20. The number of nitrogens with two attached hydrogens (primary N) is 1. The van der Waals surface area contributed by atoms with Crippen LogP contribution in [0.1, 0.15) is 11.8 Å². The molecule has 0 aliphatic heterocycles. The molecule has 1 aromatic rings. The van der Waals surface area contributed by atoms with Crippen molar-refractivity contribution in [1.29, 1.82) is 0 Å². The fourth-order valence-corrected chi connectivity index (χ4v) is 2.03. The normalized spacial score (nSPS) is 10.0. The summed E-state index contributed by atoms with van der Waals surface area (Å²) in [7, 11) is 0. The Hall–Kier alpha value is -1.40. The Morgan fingerprint density at radius 2 is 2.29 bits per heavy atom. The fourth-order valence-electron chi connectivity index (χ4n) is 1.31. The van der Waals surface area contributed by atoms with E-state index < -0.39 is 5.97 Å². The van der Waals surface area contributed by atoms with Crippen molar-refractivity contribution in [2.24, 2.45) is 5.73 Å². The number of ether oxygens (including phenoxy) is 1. The van der Waals surface area contributed by atoms with Gasteiger partial charge in [-0.3, -0.25) is 9.59 Å². The average molecular weight is 256 g/mol. The second-order valence-corrected chi connectivity index (χ2v) is 4.37. The van der Waals surface area contributed by atoms with Gasteiger partial charge in [0.1, 0.15) is 6.54 Å². The molecule has 0 aliphatic rings. The first-order valence-electron chi connectivity index (χ1n) is 5.33. The molecule has 2 N–H and O–H groups in total. The van der Waals surface area contributed by atoms with Crippen LogP contribution in [-0.2, 0) is 20.9 Å². The van der Waals surface area contributed by atoms with Gasteiger partial charge in [-0.25, -0.2) is 0 Å². The molecule has 1 amide bonds. The molecule has 5 nitrogen and oxygen atoms in total. The van der Waals surface area contributed by atoms with Crippen molar-refractivity contribution in [3.8, 4) is 0 Å². The van der Waals surface area contributed by atoms with Crippen LogP contribution in [0, 0.1) is 0 Å². The molecule has 0 unspecified atom stereocenters. The van der Waals surface area contributed by atoms with E-state index in [1.807, 2.05) is 17.5 Å². The highest BCUT2D eigenvalue weighted by Gasteiger charge is 2.17. The Kier molecular flexibility index (Phi) is 5.65. The minimum Gasteiger partial charge on any atom is -0.465 e. The Bertz CT molecular complexity index is 365. The number of hydrogen-bond acceptors (Lipinski definition) is 5. The fraction of sp³-hybridized carbons (Fsp3) is 0.455. The molecule has 0 saturated carbocycles. The summed E-state index contributed by atoms with van der Waals surface area (Å²) >= 11 is 1.53. The van der Waals surface area contributed by atoms with Gasteiger partial charge in [-0.05, 0) is 18.4 Å². The van der Waals surface area contributed by atoms with Crippen molar-refractivity contribution in [2.45, 2.75) is 13.5 Å². The van der Waals surface area contributed by atoms with E-state index in [9.17, 15) is 9.59 Å². The molecule has 17 heavy (non-hydrogen) atoms. The van der Waals surface area contributed by atoms with E-state index in [0.717, 1.165) is 4.88 Å². The molecular formula is C11H16N2O3S. The molecule has 1 heterocycles. The lowest BCUT2D eigenvalue weighted by Crippen LogP contribution is -2.39. The van der Waals surface area contributed by atoms with Crippen molar-refractivity contribution in [2.75, 3.05) is 19.7 Å². The highest BCUT2D eigenvalue weighted by atomic mass is 32.1. The zero-order valence-electron chi connectivity index (χ0n) is 9.72. The van der Waals surface area contributed by atoms with Crippen molar-refractivity contribution in [3.05, 3.63) is 22.4 Å². The lowest BCUT2D eigenvalue weighted by molar-refractivity contribution is -0.148. The van der Waals surface area contributed by atoms with Crippen LogP contribution in [0.5, 0.6) is 0 Å². The van der Waals surface area contributed by atoms with E-state index in [4.69, 9.17) is 10.5 Å². The van der Waals surface area contributed by atoms with Gasteiger partial charge >= 0.3 is 5.97 Å². The number of hydrogen-bond donors (Lipinski definition) is 1. The number of esters is 1. The Labute approximate surface area is 104 Å². The van der Waals surface area contributed by atoms with E-state index in [2.05, 4.69) is 0 Å². The van der Waals surface area contributed by atoms with E-state index in [1.165, 1.54) is 16.2 Å². The quantitative estimate of drug-likeness (QED) is 0.756. The summed E-state index contributed by atoms with van der Waals surface area (Å²) in [5.41, 5.74) is 5.31. The molecule has 0 aromatic carbocycles. The van der Waals surface area contributed by atoms with Gasteiger partial charge in [0, 0.05) is 4.88 Å². The van der Waals surface area contributed by atoms with Crippen molar-refractivity contribution >= 4 is 23.2 Å². The lowest BCUT2D eigenvalue weighted by atomic mass is 10.4. The van der Waals surface area contributed by atoms with Crippen LogP contribution < -0.4 is 5.73 Å². The van der Waals surface area contributed by atoms with Crippen molar-refractivity contribution < 1.29 is 14.3 Å². The molecule has 0 saturated heterocycles. The number of nitrogens with zero attached hydrogens (tertiary/aromatic N) is 1. The van der Waals surface area contributed by atoms with Gasteiger partial charge in [-0.15, -0.1) is 11.3 Å². The average Bonchev–Trinajstić information content (AvgIpc) is 2.80. The zero-order valence-corrected chi connectivity index (χ0v) is 10.5. The number of carbonyl (C=O) groups excluding carboxylic acids is 2. The minimum atomic E-state index is -0.411. The van der Waals surface area contributed by atoms with Gasteiger partial charge in [0.05, 0.1) is 19.7 Å². The second-order valence-electron chi connectivity index (χ2n) is 3.34. The van der Waals surface area contributed by atoms with Crippen LogP contribution in [0.3, 0.4) is 0 Å². The number of carbonyl (C=O) groups is 2. The predicted octanol–water partition coefficient (Wildman–Crippen LogP) is 0.599. The second kappa shape index (κ2) is 7.03. The van der Waals surface area contributed by atoms with Crippen molar-refractivity contribution in [1.82, 2.24) is 4.90 Å². The summed E-state index contributed by atoms with van der Waals surface area (Å²) in [6, 6.07) is 3.81. The van der Waals surface area contributed by atoms with Gasteiger partial charge < -0.3 is 15.4 Å². The van der Waals surface area contributed by atoms with Crippen LogP contribution in [0.15, 0.2) is 17.5 Å². The molecule has 0 radical (unpaired) electrons. The Morgan fingerprint density at radius 3 is 2.82 bits per heavy atom. The van der Waals surface area contributed by atoms with Gasteiger partial charge in [0.2, 0.25) is 5.91 Å². The zero-order chi connectivity index (χ0) is 12.7. The summed E-state index contributed by atoms with van der Waals surface area (Å²) in [6.45, 7) is 2.27. The summed E-state index contributed by atoms with van der Waals surface area (Å²) in [5.74, 6) is -0.669. The first kappa shape index (κ1) is 13.7. The van der Waals surface area contributed by atoms with E-state index in [-0.39, 0.29) is 19.0 Å². The van der Waals surface area contributed by atoms with Crippen LogP contribution in [0.2, 0.25) is 0 Å². The maximum atomic E-state index is 11.6. The first-order chi connectivity index (χ1) is 8.17. The molecular weight excluding hydrogens is 240 g/mol. The van der Waals surface area contributed by atoms with Crippen LogP contribution in [-0.4, -0.2) is 36.5 Å².